The topological polar surface area (TPSA) is 50.8 Å². The highest BCUT2D eigenvalue weighted by atomic mass is 16.5. The zero-order chi connectivity index (χ0) is 16.2. The highest BCUT2D eigenvalue weighted by molar-refractivity contribution is 5.75. The standard InChI is InChI=1S/C18H26N2O3/c1-22-16-10-13-8-9-20(12-14(13)11-17(16)23-2)18(21)19-15-6-4-3-5-7-15/h10-11,15H,3-9,12H2,1-2H3,(H,19,21). The van der Waals surface area contributed by atoms with Gasteiger partial charge in [0.15, 0.2) is 11.5 Å². The Kier molecular flexibility index (Phi) is 4.94. The highest BCUT2D eigenvalue weighted by Crippen LogP contribution is 2.33. The molecule has 126 valence electrons. The van der Waals surface area contributed by atoms with Gasteiger partial charge in [-0.05, 0) is 42.5 Å². The van der Waals surface area contributed by atoms with Gasteiger partial charge in [-0.3, -0.25) is 0 Å². The van der Waals surface area contributed by atoms with Gasteiger partial charge in [-0.2, -0.15) is 0 Å². The maximum atomic E-state index is 12.5. The lowest BCUT2D eigenvalue weighted by Gasteiger charge is -2.32. The average Bonchev–Trinajstić information content (AvgIpc) is 2.60. The van der Waals surface area contributed by atoms with Gasteiger partial charge >= 0.3 is 6.03 Å². The zero-order valence-electron chi connectivity index (χ0n) is 14.1. The Morgan fingerprint density at radius 3 is 2.39 bits per heavy atom. The minimum absolute atomic E-state index is 0.0670. The lowest BCUT2D eigenvalue weighted by atomic mass is 9.95. The number of fused-ring (bicyclic) bond motifs is 1. The Bertz CT molecular complexity index is 568. The second-order valence-electron chi connectivity index (χ2n) is 6.43. The Morgan fingerprint density at radius 2 is 1.74 bits per heavy atom. The largest absolute Gasteiger partial charge is 0.493 e. The molecule has 0 bridgehead atoms. The van der Waals surface area contributed by atoms with Gasteiger partial charge in [0, 0.05) is 19.1 Å². The third-order valence-corrected chi connectivity index (χ3v) is 4.94. The van der Waals surface area contributed by atoms with Crippen LogP contribution in [0.4, 0.5) is 4.79 Å². The van der Waals surface area contributed by atoms with Crippen molar-refractivity contribution in [2.45, 2.75) is 51.1 Å². The van der Waals surface area contributed by atoms with Crippen molar-refractivity contribution in [3.8, 4) is 11.5 Å². The number of benzene rings is 1. The van der Waals surface area contributed by atoms with Crippen LogP contribution in [0.15, 0.2) is 12.1 Å². The van der Waals surface area contributed by atoms with Gasteiger partial charge < -0.3 is 19.7 Å². The number of nitrogens with one attached hydrogen (secondary N) is 1. The monoisotopic (exact) mass is 318 g/mol. The molecule has 1 saturated carbocycles. The molecule has 1 fully saturated rings. The maximum Gasteiger partial charge on any atom is 0.317 e. The summed E-state index contributed by atoms with van der Waals surface area (Å²) in [4.78, 5) is 14.4. The van der Waals surface area contributed by atoms with Crippen molar-refractivity contribution >= 4 is 6.03 Å². The smallest absolute Gasteiger partial charge is 0.317 e. The molecular formula is C18H26N2O3. The first kappa shape index (κ1) is 16.0. The van der Waals surface area contributed by atoms with Crippen LogP contribution in [0.5, 0.6) is 11.5 Å². The molecule has 2 amide bonds. The molecule has 1 aliphatic carbocycles. The van der Waals surface area contributed by atoms with Crippen LogP contribution in [0.25, 0.3) is 0 Å². The summed E-state index contributed by atoms with van der Waals surface area (Å²) in [5.41, 5.74) is 2.39. The Morgan fingerprint density at radius 1 is 1.09 bits per heavy atom. The van der Waals surface area contributed by atoms with Crippen LogP contribution < -0.4 is 14.8 Å². The Hall–Kier alpha value is -1.91. The number of methoxy groups -OCH3 is 2. The van der Waals surface area contributed by atoms with Gasteiger partial charge in [0.25, 0.3) is 0 Å². The van der Waals surface area contributed by atoms with E-state index in [2.05, 4.69) is 5.32 Å². The summed E-state index contributed by atoms with van der Waals surface area (Å²) in [6.45, 7) is 1.38. The van der Waals surface area contributed by atoms with E-state index in [1.165, 1.54) is 24.8 Å². The summed E-state index contributed by atoms with van der Waals surface area (Å²) >= 11 is 0. The van der Waals surface area contributed by atoms with Gasteiger partial charge in [-0.15, -0.1) is 0 Å². The van der Waals surface area contributed by atoms with E-state index in [0.29, 0.717) is 12.6 Å². The number of carbonyl (C=O) groups excluding carboxylic acids is 1. The molecule has 5 nitrogen and oxygen atoms in total. The van der Waals surface area contributed by atoms with Crippen molar-refractivity contribution in [2.75, 3.05) is 20.8 Å². The number of carbonyl (C=O) groups is 1. The first-order chi connectivity index (χ1) is 11.2. The quantitative estimate of drug-likeness (QED) is 0.931. The highest BCUT2D eigenvalue weighted by Gasteiger charge is 2.25. The van der Waals surface area contributed by atoms with Crippen LogP contribution >= 0.6 is 0 Å². The van der Waals surface area contributed by atoms with Gasteiger partial charge in [0.2, 0.25) is 0 Å². The predicted molar refractivity (Wildman–Crippen MR) is 89.1 cm³/mol. The third-order valence-electron chi connectivity index (χ3n) is 4.94. The normalized spacial score (nSPS) is 18.3. The van der Waals surface area contributed by atoms with E-state index in [9.17, 15) is 4.79 Å². The van der Waals surface area contributed by atoms with E-state index in [4.69, 9.17) is 9.47 Å². The summed E-state index contributed by atoms with van der Waals surface area (Å²) in [7, 11) is 3.29. The number of hydrogen-bond acceptors (Lipinski definition) is 3. The molecule has 1 heterocycles. The maximum absolute atomic E-state index is 12.5. The van der Waals surface area contributed by atoms with Gasteiger partial charge in [0.1, 0.15) is 0 Å². The number of hydrogen-bond donors (Lipinski definition) is 1. The summed E-state index contributed by atoms with van der Waals surface area (Å²) in [6.07, 6.45) is 6.83. The molecule has 23 heavy (non-hydrogen) atoms. The third kappa shape index (κ3) is 3.54. The molecule has 0 radical (unpaired) electrons. The number of rotatable bonds is 3. The minimum Gasteiger partial charge on any atom is -0.493 e. The van der Waals surface area contributed by atoms with Crippen LogP contribution in [0.2, 0.25) is 0 Å². The van der Waals surface area contributed by atoms with Crippen molar-refractivity contribution in [1.29, 1.82) is 0 Å². The fourth-order valence-electron chi connectivity index (χ4n) is 3.57. The molecule has 0 spiro atoms. The minimum atomic E-state index is 0.0670. The van der Waals surface area contributed by atoms with Gasteiger partial charge in [-0.1, -0.05) is 19.3 Å². The molecule has 5 heteroatoms. The van der Waals surface area contributed by atoms with Crippen molar-refractivity contribution in [3.63, 3.8) is 0 Å². The number of amides is 2. The summed E-state index contributed by atoms with van der Waals surface area (Å²) in [6, 6.07) is 4.44. The second-order valence-corrected chi connectivity index (χ2v) is 6.43. The van der Waals surface area contributed by atoms with Crippen molar-refractivity contribution in [2.24, 2.45) is 0 Å². The molecule has 0 atom stereocenters. The van der Waals surface area contributed by atoms with Gasteiger partial charge in [-0.25, -0.2) is 4.79 Å². The first-order valence-corrected chi connectivity index (χ1v) is 8.50. The molecule has 0 unspecified atom stereocenters. The number of urea groups is 1. The van der Waals surface area contributed by atoms with Crippen LogP contribution in [-0.4, -0.2) is 37.7 Å². The van der Waals surface area contributed by atoms with Gasteiger partial charge in [0.05, 0.1) is 14.2 Å². The summed E-state index contributed by atoms with van der Waals surface area (Å²) in [5, 5.41) is 3.20. The van der Waals surface area contributed by atoms with Crippen LogP contribution in [0.1, 0.15) is 43.2 Å². The SMILES string of the molecule is COc1cc2c(cc1OC)CN(C(=O)NC1CCCCC1)CC2. The van der Waals surface area contributed by atoms with Crippen LogP contribution in [0, 0.1) is 0 Å². The van der Waals surface area contributed by atoms with Crippen LogP contribution in [-0.2, 0) is 13.0 Å². The first-order valence-electron chi connectivity index (χ1n) is 8.50. The molecule has 1 aliphatic heterocycles. The molecule has 2 aliphatic rings. The molecule has 3 rings (SSSR count). The summed E-state index contributed by atoms with van der Waals surface area (Å²) < 4.78 is 10.7. The Balaban J connectivity index is 1.68. The van der Waals surface area contributed by atoms with E-state index in [1.807, 2.05) is 17.0 Å². The molecule has 0 aromatic heterocycles. The lowest BCUT2D eigenvalue weighted by Crippen LogP contribution is -2.47. The predicted octanol–water partition coefficient (Wildman–Crippen LogP) is 3.10. The number of ether oxygens (including phenoxy) is 2. The van der Waals surface area contributed by atoms with Crippen LogP contribution in [0.3, 0.4) is 0 Å². The average molecular weight is 318 g/mol. The molecule has 1 aromatic rings. The molecule has 1 aromatic carbocycles. The van der Waals surface area contributed by atoms with E-state index < -0.39 is 0 Å². The molecular weight excluding hydrogens is 292 g/mol. The van der Waals surface area contributed by atoms with Crippen molar-refractivity contribution in [1.82, 2.24) is 10.2 Å². The number of nitrogens with zero attached hydrogens (tertiary/aromatic N) is 1. The molecule has 0 saturated heterocycles. The van der Waals surface area contributed by atoms with E-state index in [0.717, 1.165) is 42.9 Å². The van der Waals surface area contributed by atoms with E-state index in [-0.39, 0.29) is 6.03 Å². The molecule has 1 N–H and O–H groups in total. The fraction of sp³-hybridized carbons (Fsp3) is 0.611. The zero-order valence-corrected chi connectivity index (χ0v) is 14.1. The lowest BCUT2D eigenvalue weighted by molar-refractivity contribution is 0.184. The fourth-order valence-corrected chi connectivity index (χ4v) is 3.57. The van der Waals surface area contributed by atoms with E-state index >= 15 is 0 Å². The summed E-state index contributed by atoms with van der Waals surface area (Å²) in [5.74, 6) is 1.48. The van der Waals surface area contributed by atoms with Crippen molar-refractivity contribution in [3.05, 3.63) is 23.3 Å². The second kappa shape index (κ2) is 7.11. The Labute approximate surface area is 137 Å². The van der Waals surface area contributed by atoms with E-state index in [1.54, 1.807) is 14.2 Å². The van der Waals surface area contributed by atoms with Crippen molar-refractivity contribution < 1.29 is 14.3 Å².